The quantitative estimate of drug-likeness (QED) is 0.931. The fourth-order valence-electron chi connectivity index (χ4n) is 2.91. The molecule has 3 rings (SSSR count). The Labute approximate surface area is 137 Å². The molecule has 0 unspecified atom stereocenters. The van der Waals surface area contributed by atoms with Crippen molar-refractivity contribution in [1.82, 2.24) is 4.90 Å². The molecule has 1 saturated heterocycles. The van der Waals surface area contributed by atoms with E-state index >= 15 is 0 Å². The van der Waals surface area contributed by atoms with Crippen molar-refractivity contribution in [3.63, 3.8) is 0 Å². The van der Waals surface area contributed by atoms with Gasteiger partial charge in [0, 0.05) is 12.1 Å². The van der Waals surface area contributed by atoms with Crippen molar-refractivity contribution in [2.45, 2.75) is 19.4 Å². The zero-order valence-electron chi connectivity index (χ0n) is 13.4. The van der Waals surface area contributed by atoms with E-state index in [2.05, 4.69) is 24.4 Å². The number of para-hydroxylation sites is 1. The normalized spacial score (nSPS) is 17.8. The first-order valence-electron chi connectivity index (χ1n) is 8.09. The molecule has 0 spiro atoms. The highest BCUT2D eigenvalue weighted by Gasteiger charge is 2.26. The second-order valence-corrected chi connectivity index (χ2v) is 5.67. The van der Waals surface area contributed by atoms with Gasteiger partial charge in [0.05, 0.1) is 24.9 Å². The molecular weight excluding hydrogens is 288 g/mol. The van der Waals surface area contributed by atoms with Crippen LogP contribution in [-0.2, 0) is 4.74 Å². The van der Waals surface area contributed by atoms with Gasteiger partial charge in [-0.3, -0.25) is 0 Å². The molecule has 23 heavy (non-hydrogen) atoms. The number of amides is 2. The minimum Gasteiger partial charge on any atom is -0.377 e. The number of carbonyl (C=O) groups is 1. The summed E-state index contributed by atoms with van der Waals surface area (Å²) in [6, 6.07) is 18.1. The van der Waals surface area contributed by atoms with E-state index in [1.54, 1.807) is 0 Å². The Balaban J connectivity index is 1.81. The zero-order chi connectivity index (χ0) is 16.1. The third-order valence-corrected chi connectivity index (χ3v) is 4.21. The summed E-state index contributed by atoms with van der Waals surface area (Å²) in [6.07, 6.45) is 0.897. The molecule has 0 aliphatic carbocycles. The number of nitrogens with zero attached hydrogens (tertiary/aromatic N) is 1. The Bertz CT molecular complexity index is 657. The second kappa shape index (κ2) is 7.29. The van der Waals surface area contributed by atoms with Gasteiger partial charge in [-0.05, 0) is 18.1 Å². The van der Waals surface area contributed by atoms with Gasteiger partial charge in [-0.25, -0.2) is 4.79 Å². The van der Waals surface area contributed by atoms with Gasteiger partial charge in [0.15, 0.2) is 0 Å². The van der Waals surface area contributed by atoms with Crippen LogP contribution in [0.3, 0.4) is 0 Å². The number of carbonyl (C=O) groups excluding carboxylic acids is 1. The molecule has 1 N–H and O–H groups in total. The summed E-state index contributed by atoms with van der Waals surface area (Å²) in [4.78, 5) is 14.6. The standard InChI is InChI=1S/C19H22N2O2/c1-2-16-14-23-13-12-21(16)19(22)20-18-11-7-6-10-17(18)15-8-4-3-5-9-15/h3-11,16H,2,12-14H2,1H3,(H,20,22)/t16-/m0/s1. The number of nitrogens with one attached hydrogen (secondary N) is 1. The molecular formula is C19H22N2O2. The number of anilines is 1. The molecule has 0 radical (unpaired) electrons. The third-order valence-electron chi connectivity index (χ3n) is 4.21. The maximum atomic E-state index is 12.7. The van der Waals surface area contributed by atoms with Crippen LogP contribution in [0, 0.1) is 0 Å². The molecule has 120 valence electrons. The Morgan fingerprint density at radius 3 is 2.70 bits per heavy atom. The predicted molar refractivity (Wildman–Crippen MR) is 92.5 cm³/mol. The van der Waals surface area contributed by atoms with Crippen molar-refractivity contribution in [3.05, 3.63) is 54.6 Å². The molecule has 0 aromatic heterocycles. The van der Waals surface area contributed by atoms with Gasteiger partial charge in [0.1, 0.15) is 0 Å². The summed E-state index contributed by atoms with van der Waals surface area (Å²) in [5.74, 6) is 0. The van der Waals surface area contributed by atoms with E-state index < -0.39 is 0 Å². The number of hydrogen-bond donors (Lipinski definition) is 1. The van der Waals surface area contributed by atoms with Crippen LogP contribution in [0.25, 0.3) is 11.1 Å². The van der Waals surface area contributed by atoms with Crippen LogP contribution in [0.5, 0.6) is 0 Å². The van der Waals surface area contributed by atoms with Crippen molar-refractivity contribution in [1.29, 1.82) is 0 Å². The molecule has 1 heterocycles. The van der Waals surface area contributed by atoms with E-state index in [-0.39, 0.29) is 12.1 Å². The van der Waals surface area contributed by atoms with Crippen LogP contribution in [0.15, 0.2) is 54.6 Å². The van der Waals surface area contributed by atoms with E-state index in [4.69, 9.17) is 4.74 Å². The highest BCUT2D eigenvalue weighted by molar-refractivity contribution is 5.94. The smallest absolute Gasteiger partial charge is 0.322 e. The first kappa shape index (κ1) is 15.6. The van der Waals surface area contributed by atoms with E-state index in [9.17, 15) is 4.79 Å². The van der Waals surface area contributed by atoms with Crippen LogP contribution in [0.4, 0.5) is 10.5 Å². The summed E-state index contributed by atoms with van der Waals surface area (Å²) >= 11 is 0. The largest absolute Gasteiger partial charge is 0.377 e. The average Bonchev–Trinajstić information content (AvgIpc) is 2.63. The van der Waals surface area contributed by atoms with E-state index in [1.165, 1.54) is 0 Å². The SMILES string of the molecule is CC[C@H]1COCCN1C(=O)Nc1ccccc1-c1ccccc1. The molecule has 2 amide bonds. The van der Waals surface area contributed by atoms with Crippen molar-refractivity contribution in [2.75, 3.05) is 25.1 Å². The number of urea groups is 1. The molecule has 2 aromatic rings. The van der Waals surface area contributed by atoms with Gasteiger partial charge in [-0.1, -0.05) is 55.5 Å². The van der Waals surface area contributed by atoms with Crippen molar-refractivity contribution < 1.29 is 9.53 Å². The van der Waals surface area contributed by atoms with Crippen molar-refractivity contribution >= 4 is 11.7 Å². The van der Waals surface area contributed by atoms with Crippen LogP contribution < -0.4 is 5.32 Å². The number of benzene rings is 2. The van der Waals surface area contributed by atoms with E-state index in [0.29, 0.717) is 19.8 Å². The van der Waals surface area contributed by atoms with Gasteiger partial charge in [0.25, 0.3) is 0 Å². The van der Waals surface area contributed by atoms with Crippen molar-refractivity contribution in [3.8, 4) is 11.1 Å². The number of ether oxygens (including phenoxy) is 1. The molecule has 1 aliphatic rings. The summed E-state index contributed by atoms with van der Waals surface area (Å²) in [6.45, 7) is 3.93. The maximum Gasteiger partial charge on any atom is 0.322 e. The second-order valence-electron chi connectivity index (χ2n) is 5.67. The van der Waals surface area contributed by atoms with Crippen LogP contribution in [-0.4, -0.2) is 36.7 Å². The molecule has 1 fully saturated rings. The molecule has 4 nitrogen and oxygen atoms in total. The third kappa shape index (κ3) is 3.54. The van der Waals surface area contributed by atoms with E-state index in [0.717, 1.165) is 23.2 Å². The Morgan fingerprint density at radius 2 is 1.91 bits per heavy atom. The van der Waals surface area contributed by atoms with Crippen molar-refractivity contribution in [2.24, 2.45) is 0 Å². The van der Waals surface area contributed by atoms with E-state index in [1.807, 2.05) is 47.4 Å². The molecule has 1 aliphatic heterocycles. The lowest BCUT2D eigenvalue weighted by Gasteiger charge is -2.35. The summed E-state index contributed by atoms with van der Waals surface area (Å²) in [5, 5.41) is 3.07. The highest BCUT2D eigenvalue weighted by atomic mass is 16.5. The number of hydrogen-bond acceptors (Lipinski definition) is 2. The summed E-state index contributed by atoms with van der Waals surface area (Å²) in [5.41, 5.74) is 2.96. The lowest BCUT2D eigenvalue weighted by atomic mass is 10.0. The molecule has 0 saturated carbocycles. The lowest BCUT2D eigenvalue weighted by molar-refractivity contribution is 0.0144. The topological polar surface area (TPSA) is 41.6 Å². The predicted octanol–water partition coefficient (Wildman–Crippen LogP) is 4.00. The maximum absolute atomic E-state index is 12.7. The molecule has 0 bridgehead atoms. The van der Waals surface area contributed by atoms with Gasteiger partial charge in [-0.15, -0.1) is 0 Å². The zero-order valence-corrected chi connectivity index (χ0v) is 13.4. The first-order chi connectivity index (χ1) is 11.3. The minimum atomic E-state index is -0.0523. The fourth-order valence-corrected chi connectivity index (χ4v) is 2.91. The lowest BCUT2D eigenvalue weighted by Crippen LogP contribution is -2.50. The Kier molecular flexibility index (Phi) is 4.93. The monoisotopic (exact) mass is 310 g/mol. The van der Waals surface area contributed by atoms with Gasteiger partial charge < -0.3 is 15.0 Å². The van der Waals surface area contributed by atoms with Crippen LogP contribution >= 0.6 is 0 Å². The number of rotatable bonds is 3. The highest BCUT2D eigenvalue weighted by Crippen LogP contribution is 2.28. The Morgan fingerprint density at radius 1 is 1.17 bits per heavy atom. The molecule has 4 heteroatoms. The van der Waals surface area contributed by atoms with Gasteiger partial charge in [-0.2, -0.15) is 0 Å². The van der Waals surface area contributed by atoms with Gasteiger partial charge in [0.2, 0.25) is 0 Å². The number of morpholine rings is 1. The first-order valence-corrected chi connectivity index (χ1v) is 8.09. The van der Waals surface area contributed by atoms with Crippen LogP contribution in [0.2, 0.25) is 0 Å². The average molecular weight is 310 g/mol. The fraction of sp³-hybridized carbons (Fsp3) is 0.316. The molecule has 1 atom stereocenters. The summed E-state index contributed by atoms with van der Waals surface area (Å²) < 4.78 is 5.47. The Hall–Kier alpha value is -2.33. The minimum absolute atomic E-state index is 0.0523. The van der Waals surface area contributed by atoms with Gasteiger partial charge >= 0.3 is 6.03 Å². The summed E-state index contributed by atoms with van der Waals surface area (Å²) in [7, 11) is 0. The van der Waals surface area contributed by atoms with Crippen LogP contribution in [0.1, 0.15) is 13.3 Å². The molecule has 2 aromatic carbocycles.